The van der Waals surface area contributed by atoms with E-state index in [9.17, 15) is 0 Å². The zero-order chi connectivity index (χ0) is 13.4. The molecule has 0 amide bonds. The largest absolute Gasteiger partial charge is 0.383 e. The summed E-state index contributed by atoms with van der Waals surface area (Å²) in [6.45, 7) is 5.85. The molecule has 1 saturated carbocycles. The molecule has 1 fully saturated rings. The van der Waals surface area contributed by atoms with Gasteiger partial charge in [0.05, 0.1) is 6.61 Å². The number of nitrogens with two attached hydrogens (primary N) is 1. The lowest BCUT2D eigenvalue weighted by atomic mass is 9.81. The van der Waals surface area contributed by atoms with Crippen LogP contribution in [0.3, 0.4) is 0 Å². The van der Waals surface area contributed by atoms with Crippen LogP contribution in [0.15, 0.2) is 4.99 Å². The number of guanidine groups is 1. The molecule has 0 aromatic heterocycles. The van der Waals surface area contributed by atoms with Crippen molar-refractivity contribution < 1.29 is 4.74 Å². The summed E-state index contributed by atoms with van der Waals surface area (Å²) in [7, 11) is 1.69. The van der Waals surface area contributed by atoms with Gasteiger partial charge in [0.2, 0.25) is 0 Å². The Morgan fingerprint density at radius 3 is 2.50 bits per heavy atom. The Hall–Kier alpha value is -0.770. The first-order valence-electron chi connectivity index (χ1n) is 7.21. The fourth-order valence-electron chi connectivity index (χ4n) is 2.64. The van der Waals surface area contributed by atoms with Crippen molar-refractivity contribution in [1.82, 2.24) is 5.32 Å². The summed E-state index contributed by atoms with van der Waals surface area (Å²) in [5.41, 5.74) is 5.86. The lowest BCUT2D eigenvalue weighted by Crippen LogP contribution is -2.41. The highest BCUT2D eigenvalue weighted by Crippen LogP contribution is 2.30. The lowest BCUT2D eigenvalue weighted by molar-refractivity contribution is 0.179. The van der Waals surface area contributed by atoms with Gasteiger partial charge in [0.25, 0.3) is 0 Å². The molecule has 1 unspecified atom stereocenters. The molecule has 18 heavy (non-hydrogen) atoms. The van der Waals surface area contributed by atoms with Crippen LogP contribution in [0.25, 0.3) is 0 Å². The Bertz CT molecular complexity index is 247. The van der Waals surface area contributed by atoms with Crippen molar-refractivity contribution in [2.24, 2.45) is 22.6 Å². The first kappa shape index (κ1) is 15.3. The normalized spacial score (nSPS) is 26.9. The molecule has 106 valence electrons. The minimum Gasteiger partial charge on any atom is -0.383 e. The molecule has 3 N–H and O–H groups in total. The number of hydrogen-bond donors (Lipinski definition) is 2. The van der Waals surface area contributed by atoms with Gasteiger partial charge < -0.3 is 15.8 Å². The molecule has 4 nitrogen and oxygen atoms in total. The van der Waals surface area contributed by atoms with Crippen LogP contribution in [0.4, 0.5) is 0 Å². The molecule has 1 atom stereocenters. The summed E-state index contributed by atoms with van der Waals surface area (Å²) in [6, 6.07) is 0.217. The topological polar surface area (TPSA) is 59.6 Å². The summed E-state index contributed by atoms with van der Waals surface area (Å²) in [5.74, 6) is 2.23. The average molecular weight is 255 g/mol. The SMILES string of the molecule is CCC1CCC(CN=C(N)NC(C)COC)CC1. The minimum atomic E-state index is 0.217. The molecule has 4 heteroatoms. The van der Waals surface area contributed by atoms with Crippen LogP contribution < -0.4 is 11.1 Å². The number of rotatable bonds is 6. The minimum absolute atomic E-state index is 0.217. The van der Waals surface area contributed by atoms with Crippen LogP contribution in [-0.2, 0) is 4.74 Å². The summed E-state index contributed by atoms with van der Waals surface area (Å²) in [6.07, 6.45) is 6.67. The summed E-state index contributed by atoms with van der Waals surface area (Å²) in [5, 5.41) is 3.14. The van der Waals surface area contributed by atoms with Crippen LogP contribution in [0.1, 0.15) is 46.0 Å². The van der Waals surface area contributed by atoms with Gasteiger partial charge in [0.1, 0.15) is 0 Å². The molecular weight excluding hydrogens is 226 g/mol. The highest BCUT2D eigenvalue weighted by atomic mass is 16.5. The van der Waals surface area contributed by atoms with E-state index in [0.717, 1.165) is 18.4 Å². The molecule has 0 bridgehead atoms. The molecule has 1 aliphatic rings. The molecule has 1 aliphatic carbocycles. The van der Waals surface area contributed by atoms with E-state index >= 15 is 0 Å². The molecule has 0 saturated heterocycles. The van der Waals surface area contributed by atoms with Crippen LogP contribution in [-0.4, -0.2) is 32.3 Å². The monoisotopic (exact) mass is 255 g/mol. The van der Waals surface area contributed by atoms with E-state index in [1.165, 1.54) is 32.1 Å². The van der Waals surface area contributed by atoms with Crippen molar-refractivity contribution in [3.8, 4) is 0 Å². The zero-order valence-electron chi connectivity index (χ0n) is 12.1. The smallest absolute Gasteiger partial charge is 0.188 e. The first-order chi connectivity index (χ1) is 8.65. The number of methoxy groups -OCH3 is 1. The second-order valence-electron chi connectivity index (χ2n) is 5.52. The van der Waals surface area contributed by atoms with E-state index in [0.29, 0.717) is 12.6 Å². The standard InChI is InChI=1S/C14H29N3O/c1-4-12-5-7-13(8-6-12)9-16-14(15)17-11(2)10-18-3/h11-13H,4-10H2,1-3H3,(H3,15,16,17). The maximum absolute atomic E-state index is 5.86. The third kappa shape index (κ3) is 5.71. The first-order valence-corrected chi connectivity index (χ1v) is 7.21. The molecule has 0 radical (unpaired) electrons. The van der Waals surface area contributed by atoms with Gasteiger partial charge in [0.15, 0.2) is 5.96 Å². The number of aliphatic imine (C=N–C) groups is 1. The summed E-state index contributed by atoms with van der Waals surface area (Å²) < 4.78 is 5.05. The maximum Gasteiger partial charge on any atom is 0.188 e. The van der Waals surface area contributed by atoms with E-state index in [1.54, 1.807) is 7.11 Å². The molecule has 0 heterocycles. The predicted octanol–water partition coefficient (Wildman–Crippen LogP) is 2.14. The molecule has 0 aromatic rings. The number of nitrogens with zero attached hydrogens (tertiary/aromatic N) is 1. The fourth-order valence-corrected chi connectivity index (χ4v) is 2.64. The molecule has 0 aromatic carbocycles. The fraction of sp³-hybridized carbons (Fsp3) is 0.929. The zero-order valence-corrected chi connectivity index (χ0v) is 12.1. The van der Waals surface area contributed by atoms with Gasteiger partial charge in [-0.3, -0.25) is 4.99 Å². The van der Waals surface area contributed by atoms with Crippen molar-refractivity contribution in [2.75, 3.05) is 20.3 Å². The van der Waals surface area contributed by atoms with Gasteiger partial charge in [-0.05, 0) is 31.6 Å². The molecule has 0 spiro atoms. The molecule has 0 aliphatic heterocycles. The average Bonchev–Trinajstić information content (AvgIpc) is 2.37. The van der Waals surface area contributed by atoms with E-state index in [2.05, 4.69) is 17.2 Å². The predicted molar refractivity (Wildman–Crippen MR) is 76.7 cm³/mol. The quantitative estimate of drug-likeness (QED) is 0.565. The van der Waals surface area contributed by atoms with E-state index in [-0.39, 0.29) is 6.04 Å². The third-order valence-electron chi connectivity index (χ3n) is 3.87. The second kappa shape index (κ2) is 8.35. The van der Waals surface area contributed by atoms with Gasteiger partial charge in [-0.15, -0.1) is 0 Å². The highest BCUT2D eigenvalue weighted by Gasteiger charge is 2.19. The molecule has 1 rings (SSSR count). The molecular formula is C14H29N3O. The Morgan fingerprint density at radius 2 is 1.94 bits per heavy atom. The van der Waals surface area contributed by atoms with Gasteiger partial charge in [-0.1, -0.05) is 26.2 Å². The maximum atomic E-state index is 5.86. The van der Waals surface area contributed by atoms with Crippen molar-refractivity contribution in [2.45, 2.75) is 52.0 Å². The number of nitrogens with one attached hydrogen (secondary N) is 1. The number of hydrogen-bond acceptors (Lipinski definition) is 2. The third-order valence-corrected chi connectivity index (χ3v) is 3.87. The number of ether oxygens (including phenoxy) is 1. The second-order valence-corrected chi connectivity index (χ2v) is 5.52. The van der Waals surface area contributed by atoms with Gasteiger partial charge in [-0.2, -0.15) is 0 Å². The van der Waals surface area contributed by atoms with E-state index in [4.69, 9.17) is 10.5 Å². The van der Waals surface area contributed by atoms with Crippen LogP contribution in [0, 0.1) is 11.8 Å². The highest BCUT2D eigenvalue weighted by molar-refractivity contribution is 5.78. The Kier molecular flexibility index (Phi) is 7.09. The van der Waals surface area contributed by atoms with Crippen molar-refractivity contribution in [1.29, 1.82) is 0 Å². The van der Waals surface area contributed by atoms with Gasteiger partial charge >= 0.3 is 0 Å². The van der Waals surface area contributed by atoms with E-state index in [1.807, 2.05) is 6.92 Å². The van der Waals surface area contributed by atoms with Crippen LogP contribution in [0.2, 0.25) is 0 Å². The van der Waals surface area contributed by atoms with Crippen LogP contribution in [0.5, 0.6) is 0 Å². The Labute approximate surface area is 111 Å². The Balaban J connectivity index is 2.22. The van der Waals surface area contributed by atoms with Crippen molar-refractivity contribution in [3.05, 3.63) is 0 Å². The Morgan fingerprint density at radius 1 is 1.33 bits per heavy atom. The summed E-state index contributed by atoms with van der Waals surface area (Å²) in [4.78, 5) is 4.45. The van der Waals surface area contributed by atoms with Crippen LogP contribution >= 0.6 is 0 Å². The van der Waals surface area contributed by atoms with E-state index < -0.39 is 0 Å². The van der Waals surface area contributed by atoms with Crippen molar-refractivity contribution in [3.63, 3.8) is 0 Å². The van der Waals surface area contributed by atoms with Crippen molar-refractivity contribution >= 4 is 5.96 Å². The van der Waals surface area contributed by atoms with Gasteiger partial charge in [-0.25, -0.2) is 0 Å². The summed E-state index contributed by atoms with van der Waals surface area (Å²) >= 11 is 0. The lowest BCUT2D eigenvalue weighted by Gasteiger charge is -2.26. The van der Waals surface area contributed by atoms with Gasteiger partial charge in [0, 0.05) is 19.7 Å².